The SMILES string of the molecule is Cc1cccc(OCC(=O)N2CCN(C(=O)CC(C)(C)C)CC2)c1C. The Morgan fingerprint density at radius 2 is 1.56 bits per heavy atom. The monoisotopic (exact) mass is 346 g/mol. The molecule has 0 saturated carbocycles. The second-order valence-corrected chi connectivity index (χ2v) is 7.99. The van der Waals surface area contributed by atoms with Crippen LogP contribution in [-0.2, 0) is 9.59 Å². The lowest BCUT2D eigenvalue weighted by Crippen LogP contribution is -2.52. The minimum Gasteiger partial charge on any atom is -0.483 e. The van der Waals surface area contributed by atoms with Gasteiger partial charge in [-0.1, -0.05) is 32.9 Å². The quantitative estimate of drug-likeness (QED) is 0.842. The van der Waals surface area contributed by atoms with Crippen LogP contribution in [0.4, 0.5) is 0 Å². The molecule has 5 nitrogen and oxygen atoms in total. The van der Waals surface area contributed by atoms with E-state index in [1.807, 2.05) is 36.9 Å². The van der Waals surface area contributed by atoms with Gasteiger partial charge in [0, 0.05) is 32.6 Å². The van der Waals surface area contributed by atoms with E-state index in [9.17, 15) is 9.59 Å². The van der Waals surface area contributed by atoms with Crippen LogP contribution in [0, 0.1) is 19.3 Å². The first-order valence-electron chi connectivity index (χ1n) is 8.92. The van der Waals surface area contributed by atoms with Crippen LogP contribution in [0.2, 0.25) is 0 Å². The summed E-state index contributed by atoms with van der Waals surface area (Å²) in [6.07, 6.45) is 0.538. The smallest absolute Gasteiger partial charge is 0.260 e. The van der Waals surface area contributed by atoms with Crippen molar-refractivity contribution < 1.29 is 14.3 Å². The number of rotatable bonds is 4. The van der Waals surface area contributed by atoms with Crippen LogP contribution in [0.25, 0.3) is 0 Å². The van der Waals surface area contributed by atoms with Crippen molar-refractivity contribution in [2.24, 2.45) is 5.41 Å². The van der Waals surface area contributed by atoms with Crippen molar-refractivity contribution in [1.82, 2.24) is 9.80 Å². The van der Waals surface area contributed by atoms with Crippen LogP contribution in [-0.4, -0.2) is 54.4 Å². The lowest BCUT2D eigenvalue weighted by atomic mass is 9.91. The number of hydrogen-bond acceptors (Lipinski definition) is 3. The third-order valence-electron chi connectivity index (χ3n) is 4.57. The van der Waals surface area contributed by atoms with Gasteiger partial charge >= 0.3 is 0 Å². The molecule has 5 heteroatoms. The number of aryl methyl sites for hydroxylation is 1. The normalized spacial score (nSPS) is 15.2. The zero-order valence-corrected chi connectivity index (χ0v) is 16.1. The van der Waals surface area contributed by atoms with E-state index < -0.39 is 0 Å². The molecule has 25 heavy (non-hydrogen) atoms. The molecule has 2 amide bonds. The van der Waals surface area contributed by atoms with E-state index in [2.05, 4.69) is 20.8 Å². The largest absolute Gasteiger partial charge is 0.483 e. The van der Waals surface area contributed by atoms with Crippen LogP contribution in [0.15, 0.2) is 18.2 Å². The standard InChI is InChI=1S/C20H30N2O3/c1-15-7-6-8-17(16(15)2)25-14-19(24)22-11-9-21(10-12-22)18(23)13-20(3,4)5/h6-8H,9-14H2,1-5H3. The van der Waals surface area contributed by atoms with Gasteiger partial charge in [0.05, 0.1) is 0 Å². The minimum absolute atomic E-state index is 0.0104. The van der Waals surface area contributed by atoms with Gasteiger partial charge in [0.25, 0.3) is 5.91 Å². The number of ether oxygens (including phenoxy) is 1. The zero-order valence-electron chi connectivity index (χ0n) is 16.1. The molecule has 0 unspecified atom stereocenters. The van der Waals surface area contributed by atoms with Crippen LogP contribution in [0.5, 0.6) is 5.75 Å². The van der Waals surface area contributed by atoms with Crippen molar-refractivity contribution in [3.63, 3.8) is 0 Å². The fourth-order valence-corrected chi connectivity index (χ4v) is 2.88. The second-order valence-electron chi connectivity index (χ2n) is 7.99. The van der Waals surface area contributed by atoms with Crippen molar-refractivity contribution in [3.8, 4) is 5.75 Å². The molecule has 2 rings (SSSR count). The van der Waals surface area contributed by atoms with Gasteiger partial charge in [0.2, 0.25) is 5.91 Å². The summed E-state index contributed by atoms with van der Waals surface area (Å²) < 4.78 is 5.70. The maximum absolute atomic E-state index is 12.4. The highest BCUT2D eigenvalue weighted by Crippen LogP contribution is 2.21. The average molecular weight is 346 g/mol. The van der Waals surface area contributed by atoms with Gasteiger partial charge < -0.3 is 14.5 Å². The maximum Gasteiger partial charge on any atom is 0.260 e. The van der Waals surface area contributed by atoms with Crippen LogP contribution >= 0.6 is 0 Å². The summed E-state index contributed by atoms with van der Waals surface area (Å²) >= 11 is 0. The summed E-state index contributed by atoms with van der Waals surface area (Å²) in [4.78, 5) is 28.3. The molecule has 0 aromatic heterocycles. The van der Waals surface area contributed by atoms with Crippen molar-refractivity contribution in [1.29, 1.82) is 0 Å². The molecule has 0 bridgehead atoms. The second kappa shape index (κ2) is 7.89. The number of amides is 2. The highest BCUT2D eigenvalue weighted by molar-refractivity contribution is 5.79. The Kier molecular flexibility index (Phi) is 6.09. The van der Waals surface area contributed by atoms with Gasteiger partial charge in [-0.25, -0.2) is 0 Å². The van der Waals surface area contributed by atoms with Gasteiger partial charge in [0.1, 0.15) is 5.75 Å². The number of carbonyl (C=O) groups is 2. The summed E-state index contributed by atoms with van der Waals surface area (Å²) in [5.74, 6) is 0.905. The van der Waals surface area contributed by atoms with Crippen molar-refractivity contribution in [2.75, 3.05) is 32.8 Å². The molecule has 0 atom stereocenters. The third-order valence-corrected chi connectivity index (χ3v) is 4.57. The van der Waals surface area contributed by atoms with Crippen LogP contribution < -0.4 is 4.74 Å². The number of piperazine rings is 1. The Morgan fingerprint density at radius 3 is 2.12 bits per heavy atom. The number of carbonyl (C=O) groups excluding carboxylic acids is 2. The highest BCUT2D eigenvalue weighted by Gasteiger charge is 2.26. The van der Waals surface area contributed by atoms with Gasteiger partial charge in [-0.3, -0.25) is 9.59 Å². The van der Waals surface area contributed by atoms with Gasteiger partial charge in [-0.2, -0.15) is 0 Å². The van der Waals surface area contributed by atoms with Gasteiger partial charge in [0.15, 0.2) is 6.61 Å². The third kappa shape index (κ3) is 5.48. The molecule has 1 fully saturated rings. The molecule has 1 aromatic rings. The van der Waals surface area contributed by atoms with E-state index in [4.69, 9.17) is 4.74 Å². The maximum atomic E-state index is 12.4. The molecule has 0 N–H and O–H groups in total. The Morgan fingerprint density at radius 1 is 1.00 bits per heavy atom. The van der Waals surface area contributed by atoms with E-state index in [1.54, 1.807) is 4.90 Å². The number of benzene rings is 1. The Balaban J connectivity index is 1.81. The van der Waals surface area contributed by atoms with E-state index in [0.717, 1.165) is 16.9 Å². The van der Waals surface area contributed by atoms with Crippen LogP contribution in [0.1, 0.15) is 38.3 Å². The molecular weight excluding hydrogens is 316 g/mol. The Labute approximate surface area is 150 Å². The molecule has 0 radical (unpaired) electrons. The zero-order chi connectivity index (χ0) is 18.6. The van der Waals surface area contributed by atoms with E-state index in [1.165, 1.54) is 0 Å². The summed E-state index contributed by atoms with van der Waals surface area (Å²) in [7, 11) is 0. The van der Waals surface area contributed by atoms with E-state index in [0.29, 0.717) is 32.6 Å². The predicted octanol–water partition coefficient (Wildman–Crippen LogP) is 2.79. The van der Waals surface area contributed by atoms with Crippen LogP contribution in [0.3, 0.4) is 0 Å². The first-order valence-corrected chi connectivity index (χ1v) is 8.92. The molecule has 0 spiro atoms. The topological polar surface area (TPSA) is 49.9 Å². The fraction of sp³-hybridized carbons (Fsp3) is 0.600. The lowest BCUT2D eigenvalue weighted by molar-refractivity contribution is -0.141. The molecule has 1 heterocycles. The molecule has 1 aliphatic rings. The van der Waals surface area contributed by atoms with Gasteiger partial charge in [-0.05, 0) is 36.5 Å². The molecule has 1 saturated heterocycles. The molecule has 1 aromatic carbocycles. The van der Waals surface area contributed by atoms with Crippen molar-refractivity contribution >= 4 is 11.8 Å². The van der Waals surface area contributed by atoms with E-state index >= 15 is 0 Å². The van der Waals surface area contributed by atoms with E-state index in [-0.39, 0.29) is 23.8 Å². The lowest BCUT2D eigenvalue weighted by Gasteiger charge is -2.36. The highest BCUT2D eigenvalue weighted by atomic mass is 16.5. The van der Waals surface area contributed by atoms with Crippen molar-refractivity contribution in [3.05, 3.63) is 29.3 Å². The number of nitrogens with zero attached hydrogens (tertiary/aromatic N) is 2. The molecule has 0 aliphatic carbocycles. The first-order chi connectivity index (χ1) is 11.7. The molecular formula is C20H30N2O3. The predicted molar refractivity (Wildman–Crippen MR) is 98.6 cm³/mol. The fourth-order valence-electron chi connectivity index (χ4n) is 2.88. The summed E-state index contributed by atoms with van der Waals surface area (Å²) in [6.45, 7) is 12.6. The molecule has 138 valence electrons. The Bertz CT molecular complexity index is 626. The first kappa shape index (κ1) is 19.3. The summed E-state index contributed by atoms with van der Waals surface area (Å²) in [6, 6.07) is 5.85. The Hall–Kier alpha value is -2.04. The molecule has 1 aliphatic heterocycles. The summed E-state index contributed by atoms with van der Waals surface area (Å²) in [5, 5.41) is 0. The minimum atomic E-state index is -0.0242. The summed E-state index contributed by atoms with van der Waals surface area (Å²) in [5.41, 5.74) is 2.20. The average Bonchev–Trinajstić information content (AvgIpc) is 2.54. The van der Waals surface area contributed by atoms with Crippen molar-refractivity contribution in [2.45, 2.75) is 41.0 Å². The van der Waals surface area contributed by atoms with Gasteiger partial charge in [-0.15, -0.1) is 0 Å². The number of hydrogen-bond donors (Lipinski definition) is 0.